The Morgan fingerprint density at radius 2 is 2.29 bits per heavy atom. The van der Waals surface area contributed by atoms with Gasteiger partial charge in [0.2, 0.25) is 0 Å². The van der Waals surface area contributed by atoms with E-state index in [1.54, 1.807) is 0 Å². The van der Waals surface area contributed by atoms with Gasteiger partial charge < -0.3 is 9.72 Å². The quantitative estimate of drug-likeness (QED) is 0.665. The second-order valence-corrected chi connectivity index (χ2v) is 4.14. The fourth-order valence-electron chi connectivity index (χ4n) is 1.59. The molecule has 88 valence electrons. The Kier molecular flexibility index (Phi) is 4.03. The molecule has 2 heterocycles. The van der Waals surface area contributed by atoms with Crippen LogP contribution in [0.15, 0.2) is 24.5 Å². The minimum absolute atomic E-state index is 0.715. The molecule has 0 aromatic carbocycles. The molecule has 0 fully saturated rings. The summed E-state index contributed by atoms with van der Waals surface area (Å²) in [4.78, 5) is 4.48. The van der Waals surface area contributed by atoms with Gasteiger partial charge in [0.15, 0.2) is 0 Å². The van der Waals surface area contributed by atoms with Crippen molar-refractivity contribution in [1.29, 1.82) is 0 Å². The summed E-state index contributed by atoms with van der Waals surface area (Å²) in [6, 6.07) is 3.76. The van der Waals surface area contributed by atoms with Crippen LogP contribution in [-0.2, 0) is 6.54 Å². The maximum Gasteiger partial charge on any atom is 0.137 e. The first-order valence-electron chi connectivity index (χ1n) is 5.53. The van der Waals surface area contributed by atoms with Crippen molar-refractivity contribution >= 4 is 17.2 Å². The zero-order valence-electron chi connectivity index (χ0n) is 9.70. The normalized spacial score (nSPS) is 10.2. The standard InChI is InChI=1S/C13H14ClN3/c1-2-3-4-7-15-8-12-10-17-9-11(14)5-6-13(17)16-12/h5-6,9-10,15H,4,7-8H2,1H3. The topological polar surface area (TPSA) is 29.3 Å². The summed E-state index contributed by atoms with van der Waals surface area (Å²) in [5, 5.41) is 4.02. The number of pyridine rings is 1. The van der Waals surface area contributed by atoms with Crippen LogP contribution in [0.25, 0.3) is 5.65 Å². The van der Waals surface area contributed by atoms with E-state index >= 15 is 0 Å². The summed E-state index contributed by atoms with van der Waals surface area (Å²) in [6.45, 7) is 3.49. The average Bonchev–Trinajstić information content (AvgIpc) is 2.70. The lowest BCUT2D eigenvalue weighted by Crippen LogP contribution is -2.14. The number of nitrogens with zero attached hydrogens (tertiary/aromatic N) is 2. The number of aromatic nitrogens is 2. The van der Waals surface area contributed by atoms with E-state index < -0.39 is 0 Å². The Hall–Kier alpha value is -1.50. The Labute approximate surface area is 106 Å². The van der Waals surface area contributed by atoms with Crippen LogP contribution in [0.1, 0.15) is 19.0 Å². The molecule has 0 saturated heterocycles. The van der Waals surface area contributed by atoms with Crippen molar-refractivity contribution in [2.45, 2.75) is 19.9 Å². The largest absolute Gasteiger partial charge is 0.310 e. The first-order chi connectivity index (χ1) is 8.29. The summed E-state index contributed by atoms with van der Waals surface area (Å²) in [6.07, 6.45) is 4.71. The Balaban J connectivity index is 1.96. The second kappa shape index (κ2) is 5.72. The Morgan fingerprint density at radius 1 is 1.41 bits per heavy atom. The van der Waals surface area contributed by atoms with Gasteiger partial charge in [0.25, 0.3) is 0 Å². The van der Waals surface area contributed by atoms with Crippen molar-refractivity contribution in [2.75, 3.05) is 6.54 Å². The van der Waals surface area contributed by atoms with Crippen LogP contribution in [0, 0.1) is 11.8 Å². The number of nitrogens with one attached hydrogen (secondary N) is 1. The first-order valence-corrected chi connectivity index (χ1v) is 5.91. The molecule has 0 unspecified atom stereocenters. The maximum atomic E-state index is 5.91. The molecule has 0 atom stereocenters. The van der Waals surface area contributed by atoms with Gasteiger partial charge in [0, 0.05) is 31.9 Å². The van der Waals surface area contributed by atoms with Gasteiger partial charge in [-0.15, -0.1) is 11.8 Å². The highest BCUT2D eigenvalue weighted by Crippen LogP contribution is 2.11. The number of hydrogen-bond donors (Lipinski definition) is 1. The van der Waals surface area contributed by atoms with E-state index in [1.807, 2.05) is 35.9 Å². The van der Waals surface area contributed by atoms with Crippen molar-refractivity contribution in [1.82, 2.24) is 14.7 Å². The molecule has 0 aliphatic heterocycles. The van der Waals surface area contributed by atoms with Gasteiger partial charge in [-0.1, -0.05) is 11.6 Å². The van der Waals surface area contributed by atoms with Gasteiger partial charge in [0.05, 0.1) is 10.7 Å². The molecule has 0 spiro atoms. The molecular weight excluding hydrogens is 234 g/mol. The zero-order valence-corrected chi connectivity index (χ0v) is 10.5. The van der Waals surface area contributed by atoms with Gasteiger partial charge >= 0.3 is 0 Å². The van der Waals surface area contributed by atoms with Gasteiger partial charge in [-0.05, 0) is 19.1 Å². The fourth-order valence-corrected chi connectivity index (χ4v) is 1.76. The molecule has 0 amide bonds. The average molecular weight is 248 g/mol. The number of hydrogen-bond acceptors (Lipinski definition) is 2. The molecule has 3 nitrogen and oxygen atoms in total. The SMILES string of the molecule is CC#CCCNCc1cn2cc(Cl)ccc2n1. The highest BCUT2D eigenvalue weighted by Gasteiger charge is 2.00. The number of imidazole rings is 1. The molecule has 0 radical (unpaired) electrons. The summed E-state index contributed by atoms with van der Waals surface area (Å²) in [5.74, 6) is 5.88. The zero-order chi connectivity index (χ0) is 12.1. The lowest BCUT2D eigenvalue weighted by atomic mass is 10.4. The highest BCUT2D eigenvalue weighted by molar-refractivity contribution is 6.30. The van der Waals surface area contributed by atoms with E-state index in [4.69, 9.17) is 11.6 Å². The van der Waals surface area contributed by atoms with Crippen LogP contribution >= 0.6 is 11.6 Å². The molecule has 4 heteroatoms. The van der Waals surface area contributed by atoms with Crippen LogP contribution in [0.4, 0.5) is 0 Å². The Morgan fingerprint density at radius 3 is 3.12 bits per heavy atom. The van der Waals surface area contributed by atoms with Gasteiger partial charge in [0.1, 0.15) is 5.65 Å². The number of halogens is 1. The first kappa shape index (κ1) is 12.0. The molecular formula is C13H14ClN3. The van der Waals surface area contributed by atoms with Crippen molar-refractivity contribution in [3.63, 3.8) is 0 Å². The second-order valence-electron chi connectivity index (χ2n) is 3.70. The molecule has 2 aromatic heterocycles. The monoisotopic (exact) mass is 247 g/mol. The molecule has 0 bridgehead atoms. The van der Waals surface area contributed by atoms with Crippen LogP contribution in [0.3, 0.4) is 0 Å². The van der Waals surface area contributed by atoms with E-state index in [9.17, 15) is 0 Å². The predicted molar refractivity (Wildman–Crippen MR) is 70.0 cm³/mol. The summed E-state index contributed by atoms with van der Waals surface area (Å²) in [7, 11) is 0. The molecule has 0 saturated carbocycles. The van der Waals surface area contributed by atoms with E-state index in [-0.39, 0.29) is 0 Å². The van der Waals surface area contributed by atoms with Crippen LogP contribution in [-0.4, -0.2) is 15.9 Å². The smallest absolute Gasteiger partial charge is 0.137 e. The number of fused-ring (bicyclic) bond motifs is 1. The molecule has 0 aliphatic rings. The third kappa shape index (κ3) is 3.23. The lowest BCUT2D eigenvalue weighted by molar-refractivity contribution is 0.691. The molecule has 2 aromatic rings. The Bertz CT molecular complexity index is 563. The maximum absolute atomic E-state index is 5.91. The van der Waals surface area contributed by atoms with Crippen molar-refractivity contribution < 1.29 is 0 Å². The van der Waals surface area contributed by atoms with E-state index in [1.165, 1.54) is 0 Å². The lowest BCUT2D eigenvalue weighted by Gasteiger charge is -1.97. The minimum Gasteiger partial charge on any atom is -0.310 e. The fraction of sp³-hybridized carbons (Fsp3) is 0.308. The summed E-state index contributed by atoms with van der Waals surface area (Å²) < 4.78 is 1.94. The van der Waals surface area contributed by atoms with E-state index in [0.29, 0.717) is 5.02 Å². The third-order valence-corrected chi connectivity index (χ3v) is 2.60. The van der Waals surface area contributed by atoms with Crippen LogP contribution in [0.5, 0.6) is 0 Å². The predicted octanol–water partition coefficient (Wildman–Crippen LogP) is 2.49. The van der Waals surface area contributed by atoms with Gasteiger partial charge in [-0.25, -0.2) is 4.98 Å². The summed E-state index contributed by atoms with van der Waals surface area (Å²) in [5.41, 5.74) is 1.93. The molecule has 17 heavy (non-hydrogen) atoms. The number of rotatable bonds is 4. The van der Waals surface area contributed by atoms with E-state index in [0.717, 1.165) is 30.9 Å². The highest BCUT2D eigenvalue weighted by atomic mass is 35.5. The van der Waals surface area contributed by atoms with Crippen LogP contribution in [0.2, 0.25) is 5.02 Å². The molecule has 1 N–H and O–H groups in total. The third-order valence-electron chi connectivity index (χ3n) is 2.37. The summed E-state index contributed by atoms with van der Waals surface area (Å²) >= 11 is 5.91. The van der Waals surface area contributed by atoms with E-state index in [2.05, 4.69) is 22.1 Å². The van der Waals surface area contributed by atoms with Crippen LogP contribution < -0.4 is 5.32 Å². The van der Waals surface area contributed by atoms with Crippen molar-refractivity contribution in [3.05, 3.63) is 35.2 Å². The van der Waals surface area contributed by atoms with Crippen molar-refractivity contribution in [3.8, 4) is 11.8 Å². The van der Waals surface area contributed by atoms with Gasteiger partial charge in [-0.3, -0.25) is 0 Å². The molecule has 0 aliphatic carbocycles. The minimum atomic E-state index is 0.715. The van der Waals surface area contributed by atoms with Crippen molar-refractivity contribution in [2.24, 2.45) is 0 Å². The van der Waals surface area contributed by atoms with Gasteiger partial charge in [-0.2, -0.15) is 0 Å². The molecule has 2 rings (SSSR count).